The molecule has 2 N–H and O–H groups in total. The molecule has 1 aliphatic rings. The third-order valence-electron chi connectivity index (χ3n) is 5.44. The van der Waals surface area contributed by atoms with Gasteiger partial charge >= 0.3 is 11.7 Å². The van der Waals surface area contributed by atoms with Crippen molar-refractivity contribution in [2.45, 2.75) is 12.8 Å². The van der Waals surface area contributed by atoms with E-state index in [0.29, 0.717) is 43.7 Å². The lowest BCUT2D eigenvalue weighted by Gasteiger charge is -2.29. The number of hydrogen-bond donors (Lipinski definition) is 2. The molecule has 0 aliphatic carbocycles. The van der Waals surface area contributed by atoms with Gasteiger partial charge in [-0.1, -0.05) is 0 Å². The zero-order valence-electron chi connectivity index (χ0n) is 19.2. The molecule has 1 aliphatic heterocycles. The molecule has 4 heterocycles. The van der Waals surface area contributed by atoms with Crippen molar-refractivity contribution in [3.8, 4) is 10.4 Å². The Morgan fingerprint density at radius 3 is 2.86 bits per heavy atom. The number of carbonyl (C=O) groups is 2. The summed E-state index contributed by atoms with van der Waals surface area (Å²) in [5.41, 5.74) is 3.53. The van der Waals surface area contributed by atoms with Gasteiger partial charge in [0, 0.05) is 37.5 Å². The number of aromatic nitrogens is 3. The van der Waals surface area contributed by atoms with Gasteiger partial charge in [0.2, 0.25) is 0 Å². The molecule has 0 bridgehead atoms. The van der Waals surface area contributed by atoms with E-state index in [1.165, 1.54) is 22.3 Å². The van der Waals surface area contributed by atoms with Crippen molar-refractivity contribution < 1.29 is 14.5 Å². The molecule has 0 fully saturated rings. The van der Waals surface area contributed by atoms with E-state index >= 15 is 0 Å². The maximum absolute atomic E-state index is 13.2. The molecule has 182 valence electrons. The third kappa shape index (κ3) is 5.41. The summed E-state index contributed by atoms with van der Waals surface area (Å²) in [5, 5.41) is 17.1. The number of anilines is 3. The van der Waals surface area contributed by atoms with E-state index in [0.717, 1.165) is 23.1 Å². The Bertz CT molecular complexity index is 1250. The number of aryl methyl sites for hydroxylation is 1. The summed E-state index contributed by atoms with van der Waals surface area (Å²) in [5.74, 6) is 0.576. The number of fused-ring (bicyclic) bond motifs is 1. The summed E-state index contributed by atoms with van der Waals surface area (Å²) in [6.45, 7) is 1.55. The number of nitrogens with zero attached hydrogens (tertiary/aromatic N) is 6. The van der Waals surface area contributed by atoms with Crippen molar-refractivity contribution in [2.24, 2.45) is 0 Å². The van der Waals surface area contributed by atoms with Crippen LogP contribution in [0.3, 0.4) is 0 Å². The molecule has 13 heteroatoms. The largest absolute Gasteiger partial charge is 0.378 e. The van der Waals surface area contributed by atoms with Crippen LogP contribution in [0.5, 0.6) is 0 Å². The Hall–Kier alpha value is -3.97. The minimum Gasteiger partial charge on any atom is -0.378 e. The predicted octanol–water partition coefficient (Wildman–Crippen LogP) is 3.28. The van der Waals surface area contributed by atoms with Crippen LogP contribution < -0.4 is 15.5 Å². The number of amides is 2. The lowest BCUT2D eigenvalue weighted by atomic mass is 10.0. The minimum atomic E-state index is -0.525. The summed E-state index contributed by atoms with van der Waals surface area (Å²) >= 11 is 1.41. The van der Waals surface area contributed by atoms with Crippen molar-refractivity contribution in [2.75, 3.05) is 49.3 Å². The number of thiazole rings is 1. The fourth-order valence-corrected chi connectivity index (χ4v) is 4.39. The molecule has 3 aromatic heterocycles. The maximum atomic E-state index is 13.2. The van der Waals surface area contributed by atoms with Gasteiger partial charge in [-0.3, -0.25) is 30.1 Å². The van der Waals surface area contributed by atoms with Gasteiger partial charge in [-0.25, -0.2) is 14.8 Å². The van der Waals surface area contributed by atoms with E-state index in [4.69, 9.17) is 0 Å². The topological polar surface area (TPSA) is 146 Å². The number of aldehydes is 1. The summed E-state index contributed by atoms with van der Waals surface area (Å²) in [6, 6.07) is 2.84. The fraction of sp³-hybridized carbons (Fsp3) is 0.318. The number of likely N-dealkylation sites (N-methyl/N-ethyl adjacent to an activating group) is 1. The van der Waals surface area contributed by atoms with E-state index < -0.39 is 11.0 Å². The first-order valence-electron chi connectivity index (χ1n) is 10.9. The van der Waals surface area contributed by atoms with Crippen LogP contribution in [0.15, 0.2) is 30.0 Å². The monoisotopic (exact) mass is 496 g/mol. The van der Waals surface area contributed by atoms with Gasteiger partial charge in [-0.05, 0) is 38.6 Å². The second-order valence-electron chi connectivity index (χ2n) is 8.15. The Morgan fingerprint density at radius 1 is 1.34 bits per heavy atom. The van der Waals surface area contributed by atoms with Crippen molar-refractivity contribution >= 4 is 46.7 Å². The van der Waals surface area contributed by atoms with Gasteiger partial charge in [0.15, 0.2) is 6.29 Å². The summed E-state index contributed by atoms with van der Waals surface area (Å²) in [7, 11) is 3.80. The smallest absolute Gasteiger partial charge is 0.328 e. The van der Waals surface area contributed by atoms with Crippen LogP contribution in [0.4, 0.5) is 27.8 Å². The van der Waals surface area contributed by atoms with Gasteiger partial charge in [-0.2, -0.15) is 0 Å². The highest BCUT2D eigenvalue weighted by Crippen LogP contribution is 2.33. The number of pyridine rings is 2. The first kappa shape index (κ1) is 24.2. The molecule has 0 aromatic carbocycles. The second kappa shape index (κ2) is 10.5. The first-order chi connectivity index (χ1) is 16.9. The number of carbonyl (C=O) groups excluding carboxylic acids is 2. The molecular weight excluding hydrogens is 472 g/mol. The van der Waals surface area contributed by atoms with Crippen molar-refractivity contribution in [1.82, 2.24) is 19.9 Å². The highest BCUT2D eigenvalue weighted by molar-refractivity contribution is 7.13. The fourth-order valence-electron chi connectivity index (χ4n) is 3.74. The average molecular weight is 497 g/mol. The number of nitro groups is 1. The van der Waals surface area contributed by atoms with Gasteiger partial charge in [0.25, 0.3) is 0 Å². The molecule has 0 saturated heterocycles. The average Bonchev–Trinajstić information content (AvgIpc) is 3.37. The Balaban J connectivity index is 1.58. The highest BCUT2D eigenvalue weighted by atomic mass is 32.1. The Morgan fingerprint density at radius 2 is 2.17 bits per heavy atom. The summed E-state index contributed by atoms with van der Waals surface area (Å²) in [6.07, 6.45) is 4.90. The van der Waals surface area contributed by atoms with E-state index in [1.54, 1.807) is 11.7 Å². The van der Waals surface area contributed by atoms with Crippen LogP contribution in [0, 0.1) is 10.1 Å². The molecule has 2 amide bonds. The minimum absolute atomic E-state index is 0.164. The van der Waals surface area contributed by atoms with Crippen LogP contribution >= 0.6 is 11.3 Å². The quantitative estimate of drug-likeness (QED) is 0.272. The molecular formula is C22H24N8O4S. The van der Waals surface area contributed by atoms with Crippen LogP contribution in [0.2, 0.25) is 0 Å². The molecule has 0 unspecified atom stereocenters. The van der Waals surface area contributed by atoms with Crippen LogP contribution in [-0.4, -0.2) is 70.8 Å². The molecule has 0 atom stereocenters. The van der Waals surface area contributed by atoms with Crippen LogP contribution in [-0.2, 0) is 6.42 Å². The molecule has 0 radical (unpaired) electrons. The van der Waals surface area contributed by atoms with E-state index in [1.807, 2.05) is 25.1 Å². The first-order valence-corrected chi connectivity index (χ1v) is 11.7. The summed E-state index contributed by atoms with van der Waals surface area (Å²) < 4.78 is 0. The molecule has 35 heavy (non-hydrogen) atoms. The van der Waals surface area contributed by atoms with Gasteiger partial charge < -0.3 is 10.2 Å². The highest BCUT2D eigenvalue weighted by Gasteiger charge is 2.27. The van der Waals surface area contributed by atoms with E-state index in [2.05, 4.69) is 25.6 Å². The zero-order valence-corrected chi connectivity index (χ0v) is 20.0. The van der Waals surface area contributed by atoms with Crippen molar-refractivity contribution in [3.63, 3.8) is 0 Å². The zero-order chi connectivity index (χ0) is 24.9. The van der Waals surface area contributed by atoms with E-state index in [9.17, 15) is 19.7 Å². The number of nitrogens with one attached hydrogen (secondary N) is 2. The molecule has 0 spiro atoms. The lowest BCUT2D eigenvalue weighted by molar-refractivity contribution is -0.384. The number of rotatable bonds is 8. The standard InChI is InChI=1S/C22H24N8O4S/c1-28(2)7-5-24-16-9-20(25-10-18(16)30(33)34)27-22(32)29-6-3-4-14-8-15(19-11-23-13-35-19)17(12-31)26-21(14)29/h8-13H,3-7H2,1-2H3,(H2,24,25,27,32). The SMILES string of the molecule is CN(C)CCNc1cc(NC(=O)N2CCCc3cc(-c4cncs4)c(C=O)nc32)ncc1[N+](=O)[O-]. The molecule has 3 aromatic rings. The van der Waals surface area contributed by atoms with Gasteiger partial charge in [0.1, 0.15) is 29.2 Å². The summed E-state index contributed by atoms with van der Waals surface area (Å²) in [4.78, 5) is 52.6. The Kier molecular flexibility index (Phi) is 7.27. The Labute approximate surface area is 205 Å². The van der Waals surface area contributed by atoms with Crippen LogP contribution in [0.25, 0.3) is 10.4 Å². The number of urea groups is 1. The van der Waals surface area contributed by atoms with Gasteiger partial charge in [-0.15, -0.1) is 11.3 Å². The molecule has 12 nitrogen and oxygen atoms in total. The molecule has 0 saturated carbocycles. The van der Waals surface area contributed by atoms with Gasteiger partial charge in [0.05, 0.1) is 15.3 Å². The predicted molar refractivity (Wildman–Crippen MR) is 133 cm³/mol. The normalized spacial score (nSPS) is 12.8. The number of hydrogen-bond acceptors (Lipinski definition) is 10. The van der Waals surface area contributed by atoms with Crippen LogP contribution in [0.1, 0.15) is 22.5 Å². The van der Waals surface area contributed by atoms with Crippen molar-refractivity contribution in [1.29, 1.82) is 0 Å². The third-order valence-corrected chi connectivity index (χ3v) is 6.24. The van der Waals surface area contributed by atoms with Crippen molar-refractivity contribution in [3.05, 3.63) is 51.4 Å². The molecule has 4 rings (SSSR count). The second-order valence-corrected chi connectivity index (χ2v) is 9.03. The maximum Gasteiger partial charge on any atom is 0.328 e. The van der Waals surface area contributed by atoms with E-state index in [-0.39, 0.29) is 22.9 Å². The lowest BCUT2D eigenvalue weighted by Crippen LogP contribution is -2.39.